The molecule has 0 radical (unpaired) electrons. The average Bonchev–Trinajstić information content (AvgIpc) is 3.33. The first-order valence-electron chi connectivity index (χ1n) is 7.93. The van der Waals surface area contributed by atoms with Crippen molar-refractivity contribution in [1.29, 1.82) is 0 Å². The lowest BCUT2D eigenvalue weighted by molar-refractivity contribution is -0.136. The zero-order valence-electron chi connectivity index (χ0n) is 14.0. The molecule has 2 N–H and O–H groups in total. The summed E-state index contributed by atoms with van der Waals surface area (Å²) in [7, 11) is 0. The summed E-state index contributed by atoms with van der Waals surface area (Å²) in [5.41, 5.74) is 1.22. The lowest BCUT2D eigenvalue weighted by atomic mass is 10.2. The summed E-state index contributed by atoms with van der Waals surface area (Å²) in [6, 6.07) is 10.7. The molecule has 1 unspecified atom stereocenters. The zero-order chi connectivity index (χ0) is 18.5. The van der Waals surface area contributed by atoms with Gasteiger partial charge in [0.05, 0.1) is 0 Å². The van der Waals surface area contributed by atoms with Crippen molar-refractivity contribution in [1.82, 2.24) is 15.1 Å². The summed E-state index contributed by atoms with van der Waals surface area (Å²) >= 11 is 7.60. The van der Waals surface area contributed by atoms with Gasteiger partial charge in [0.2, 0.25) is 0 Å². The number of carbonyl (C=O) groups excluding carboxylic acids is 2. The Morgan fingerprint density at radius 1 is 1.23 bits per heavy atom. The molecular weight excluding hydrogens is 372 g/mol. The molecule has 2 aromatic heterocycles. The van der Waals surface area contributed by atoms with Crippen LogP contribution in [0.3, 0.4) is 0 Å². The van der Waals surface area contributed by atoms with Crippen molar-refractivity contribution < 1.29 is 9.59 Å². The van der Waals surface area contributed by atoms with Crippen LogP contribution in [0.15, 0.2) is 54.2 Å². The van der Waals surface area contributed by atoms with Gasteiger partial charge in [-0.3, -0.25) is 14.3 Å². The van der Waals surface area contributed by atoms with Gasteiger partial charge in [-0.1, -0.05) is 23.7 Å². The van der Waals surface area contributed by atoms with E-state index in [1.165, 1.54) is 0 Å². The molecule has 0 saturated carbocycles. The van der Waals surface area contributed by atoms with Crippen molar-refractivity contribution in [2.75, 3.05) is 11.9 Å². The summed E-state index contributed by atoms with van der Waals surface area (Å²) in [5, 5.41) is 12.0. The monoisotopic (exact) mass is 388 g/mol. The van der Waals surface area contributed by atoms with Crippen LogP contribution in [0.25, 0.3) is 0 Å². The Morgan fingerprint density at radius 3 is 2.77 bits per heavy atom. The van der Waals surface area contributed by atoms with Crippen LogP contribution in [-0.2, 0) is 9.59 Å². The SMILES string of the molecule is Cc1c(Cl)cccc1NC(=O)C(=O)NCC(c1cccs1)n1cccn1. The summed E-state index contributed by atoms with van der Waals surface area (Å²) in [6.45, 7) is 2.03. The number of hydrogen-bond acceptors (Lipinski definition) is 4. The van der Waals surface area contributed by atoms with Gasteiger partial charge >= 0.3 is 11.8 Å². The molecular formula is C18H17ClN4O2S. The molecule has 0 bridgehead atoms. The lowest BCUT2D eigenvalue weighted by Gasteiger charge is -2.17. The van der Waals surface area contributed by atoms with E-state index in [-0.39, 0.29) is 12.6 Å². The number of hydrogen-bond donors (Lipinski definition) is 2. The van der Waals surface area contributed by atoms with Crippen LogP contribution < -0.4 is 10.6 Å². The Bertz CT molecular complexity index is 860. The van der Waals surface area contributed by atoms with E-state index in [1.807, 2.05) is 29.8 Å². The third kappa shape index (κ3) is 4.12. The van der Waals surface area contributed by atoms with Gasteiger partial charge < -0.3 is 10.6 Å². The van der Waals surface area contributed by atoms with Gasteiger partial charge in [0.1, 0.15) is 6.04 Å². The zero-order valence-corrected chi connectivity index (χ0v) is 15.6. The average molecular weight is 389 g/mol. The highest BCUT2D eigenvalue weighted by molar-refractivity contribution is 7.10. The van der Waals surface area contributed by atoms with Crippen LogP contribution in [0.4, 0.5) is 5.69 Å². The maximum atomic E-state index is 12.2. The summed E-state index contributed by atoms with van der Waals surface area (Å²) in [6.07, 6.45) is 3.50. The van der Waals surface area contributed by atoms with Gasteiger partial charge in [0, 0.05) is 34.5 Å². The van der Waals surface area contributed by atoms with Gasteiger partial charge in [0.15, 0.2) is 0 Å². The van der Waals surface area contributed by atoms with Gasteiger partial charge in [-0.05, 0) is 42.1 Å². The van der Waals surface area contributed by atoms with Crippen LogP contribution in [0.1, 0.15) is 16.5 Å². The minimum Gasteiger partial charge on any atom is -0.345 e. The fourth-order valence-corrected chi connectivity index (χ4v) is 3.46. The van der Waals surface area contributed by atoms with E-state index in [4.69, 9.17) is 11.6 Å². The molecule has 6 nitrogen and oxygen atoms in total. The second kappa shape index (κ2) is 8.16. The topological polar surface area (TPSA) is 76.0 Å². The minimum absolute atomic E-state index is 0.172. The predicted molar refractivity (Wildman–Crippen MR) is 103 cm³/mol. The summed E-state index contributed by atoms with van der Waals surface area (Å²) < 4.78 is 1.76. The van der Waals surface area contributed by atoms with Crippen LogP contribution in [-0.4, -0.2) is 28.1 Å². The summed E-state index contributed by atoms with van der Waals surface area (Å²) in [5.74, 6) is -1.45. The quantitative estimate of drug-likeness (QED) is 0.659. The molecule has 0 spiro atoms. The molecule has 0 aliphatic rings. The molecule has 3 rings (SSSR count). The third-order valence-electron chi connectivity index (χ3n) is 3.89. The van der Waals surface area contributed by atoms with Crippen LogP contribution in [0.5, 0.6) is 0 Å². The number of anilines is 1. The normalized spacial score (nSPS) is 11.8. The first kappa shape index (κ1) is 18.2. The second-order valence-electron chi connectivity index (χ2n) is 5.59. The number of benzene rings is 1. The summed E-state index contributed by atoms with van der Waals surface area (Å²) in [4.78, 5) is 25.4. The fourth-order valence-electron chi connectivity index (χ4n) is 2.46. The first-order chi connectivity index (χ1) is 12.6. The molecule has 26 heavy (non-hydrogen) atoms. The van der Waals surface area contributed by atoms with Crippen molar-refractivity contribution >= 4 is 40.4 Å². The van der Waals surface area contributed by atoms with E-state index in [0.717, 1.165) is 4.88 Å². The van der Waals surface area contributed by atoms with E-state index in [9.17, 15) is 9.59 Å². The van der Waals surface area contributed by atoms with Crippen LogP contribution >= 0.6 is 22.9 Å². The molecule has 3 aromatic rings. The molecule has 0 saturated heterocycles. The van der Waals surface area contributed by atoms with Gasteiger partial charge in [-0.2, -0.15) is 5.10 Å². The van der Waals surface area contributed by atoms with E-state index < -0.39 is 11.8 Å². The van der Waals surface area contributed by atoms with E-state index in [0.29, 0.717) is 16.3 Å². The highest BCUT2D eigenvalue weighted by Crippen LogP contribution is 2.23. The Balaban J connectivity index is 1.65. The van der Waals surface area contributed by atoms with Crippen LogP contribution in [0.2, 0.25) is 5.02 Å². The Hall–Kier alpha value is -2.64. The van der Waals surface area contributed by atoms with Crippen molar-refractivity contribution in [3.05, 3.63) is 69.6 Å². The smallest absolute Gasteiger partial charge is 0.313 e. The van der Waals surface area contributed by atoms with Crippen molar-refractivity contribution in [2.45, 2.75) is 13.0 Å². The molecule has 1 atom stereocenters. The Kier molecular flexibility index (Phi) is 5.70. The maximum Gasteiger partial charge on any atom is 0.313 e. The molecule has 134 valence electrons. The molecule has 2 heterocycles. The van der Waals surface area contributed by atoms with Gasteiger partial charge in [-0.25, -0.2) is 0 Å². The number of nitrogens with one attached hydrogen (secondary N) is 2. The third-order valence-corrected chi connectivity index (χ3v) is 5.28. The second-order valence-corrected chi connectivity index (χ2v) is 6.98. The highest BCUT2D eigenvalue weighted by atomic mass is 35.5. The maximum absolute atomic E-state index is 12.2. The standard InChI is InChI=1S/C18H17ClN4O2S/c1-12-13(19)5-2-6-14(12)22-18(25)17(24)20-11-15(16-7-3-10-26-16)23-9-4-8-21-23/h2-10,15H,11H2,1H3,(H,20,24)(H,22,25). The number of nitrogens with zero attached hydrogens (tertiary/aromatic N) is 2. The number of amides is 2. The largest absolute Gasteiger partial charge is 0.345 e. The molecule has 0 fully saturated rings. The van der Waals surface area contributed by atoms with Gasteiger partial charge in [0.25, 0.3) is 0 Å². The van der Waals surface area contributed by atoms with Crippen molar-refractivity contribution in [3.63, 3.8) is 0 Å². The van der Waals surface area contributed by atoms with Crippen LogP contribution in [0, 0.1) is 6.92 Å². The molecule has 0 aliphatic carbocycles. The molecule has 1 aromatic carbocycles. The van der Waals surface area contributed by atoms with Gasteiger partial charge in [-0.15, -0.1) is 11.3 Å². The first-order valence-corrected chi connectivity index (χ1v) is 9.19. The lowest BCUT2D eigenvalue weighted by Crippen LogP contribution is -2.39. The number of rotatable bonds is 5. The van der Waals surface area contributed by atoms with E-state index in [2.05, 4.69) is 15.7 Å². The van der Waals surface area contributed by atoms with E-state index in [1.54, 1.807) is 47.3 Å². The number of carbonyl (C=O) groups is 2. The molecule has 2 amide bonds. The highest BCUT2D eigenvalue weighted by Gasteiger charge is 2.20. The van der Waals surface area contributed by atoms with E-state index >= 15 is 0 Å². The number of thiophene rings is 1. The molecule has 0 aliphatic heterocycles. The number of aromatic nitrogens is 2. The Labute approximate surface area is 159 Å². The predicted octanol–water partition coefficient (Wildman–Crippen LogP) is 3.25. The molecule has 8 heteroatoms. The van der Waals surface area contributed by atoms with Crippen molar-refractivity contribution in [3.8, 4) is 0 Å². The minimum atomic E-state index is -0.735. The number of halogens is 1. The Morgan fingerprint density at radius 2 is 2.08 bits per heavy atom. The van der Waals surface area contributed by atoms with Crippen molar-refractivity contribution in [2.24, 2.45) is 0 Å². The fraction of sp³-hybridized carbons (Fsp3) is 0.167.